The summed E-state index contributed by atoms with van der Waals surface area (Å²) < 4.78 is 0.720. The number of hydrogen-bond donors (Lipinski definition) is 1. The van der Waals surface area contributed by atoms with E-state index in [-0.39, 0.29) is 0 Å². The number of anilines is 1. The number of benzene rings is 3. The molecule has 0 atom stereocenters. The van der Waals surface area contributed by atoms with Gasteiger partial charge in [-0.2, -0.15) is 0 Å². The molecule has 0 radical (unpaired) electrons. The van der Waals surface area contributed by atoms with E-state index in [4.69, 9.17) is 0 Å². The molecule has 2 heteroatoms. The Labute approximate surface area is 168 Å². The highest BCUT2D eigenvalue weighted by Crippen LogP contribution is 2.50. The highest BCUT2D eigenvalue weighted by Gasteiger charge is 2.41. The second-order valence-electron chi connectivity index (χ2n) is 8.03. The van der Waals surface area contributed by atoms with Crippen LogP contribution >= 0.6 is 0 Å². The first-order chi connectivity index (χ1) is 13.5. The van der Waals surface area contributed by atoms with Crippen LogP contribution < -0.4 is 9.80 Å². The molecule has 3 aromatic carbocycles. The molecule has 0 spiro atoms. The van der Waals surface area contributed by atoms with E-state index in [0.717, 1.165) is 22.3 Å². The lowest BCUT2D eigenvalue weighted by Crippen LogP contribution is -2.39. The predicted octanol–water partition coefficient (Wildman–Crippen LogP) is 6.95. The molecule has 0 aromatic heterocycles. The van der Waals surface area contributed by atoms with Crippen molar-refractivity contribution >= 4 is 27.7 Å². The molecule has 0 fully saturated rings. The molecule has 0 saturated heterocycles. The highest BCUT2D eigenvalue weighted by atomic mass is 15.3. The van der Waals surface area contributed by atoms with Crippen molar-refractivity contribution < 1.29 is 0 Å². The summed E-state index contributed by atoms with van der Waals surface area (Å²) in [5.41, 5.74) is 7.56. The predicted molar refractivity (Wildman–Crippen MR) is 123 cm³/mol. The normalized spacial score (nSPS) is 15.0. The van der Waals surface area contributed by atoms with Gasteiger partial charge in [-0.05, 0) is 41.8 Å². The van der Waals surface area contributed by atoms with Crippen LogP contribution in [0.15, 0.2) is 84.7 Å². The number of rotatable bonds is 6. The van der Waals surface area contributed by atoms with Gasteiger partial charge in [-0.25, -0.2) is 0 Å². The van der Waals surface area contributed by atoms with Crippen LogP contribution in [0.4, 0.5) is 11.4 Å². The molecule has 0 unspecified atom stereocenters. The SMILES string of the molecule is C=C(Nc1ccccc1)C1=C(CCCC)c2c(ccc3ccccc23)[N+]1(C)C. The minimum Gasteiger partial charge on any atom is -0.351 e. The molecule has 3 aromatic rings. The van der Waals surface area contributed by atoms with E-state index in [1.54, 1.807) is 0 Å². The monoisotopic (exact) mass is 369 g/mol. The average Bonchev–Trinajstić information content (AvgIpc) is 2.94. The van der Waals surface area contributed by atoms with Gasteiger partial charge in [-0.3, -0.25) is 4.48 Å². The van der Waals surface area contributed by atoms with E-state index >= 15 is 0 Å². The minimum atomic E-state index is 0.720. The Hall–Kier alpha value is -2.84. The first-order valence-corrected chi connectivity index (χ1v) is 10.2. The molecule has 4 rings (SSSR count). The maximum atomic E-state index is 4.46. The van der Waals surface area contributed by atoms with Crippen molar-refractivity contribution in [2.75, 3.05) is 19.4 Å². The van der Waals surface area contributed by atoms with Crippen LogP contribution in [0, 0.1) is 0 Å². The van der Waals surface area contributed by atoms with E-state index in [0.29, 0.717) is 0 Å². The summed E-state index contributed by atoms with van der Waals surface area (Å²) in [6, 6.07) is 23.6. The molecule has 0 amide bonds. The van der Waals surface area contributed by atoms with Crippen molar-refractivity contribution in [3.05, 3.63) is 90.3 Å². The van der Waals surface area contributed by atoms with E-state index in [2.05, 4.69) is 93.6 Å². The van der Waals surface area contributed by atoms with Crippen molar-refractivity contribution in [3.8, 4) is 0 Å². The maximum Gasteiger partial charge on any atom is 0.164 e. The molecule has 1 aliphatic rings. The van der Waals surface area contributed by atoms with Crippen LogP contribution in [0.1, 0.15) is 31.7 Å². The Morgan fingerprint density at radius 2 is 1.64 bits per heavy atom. The lowest BCUT2D eigenvalue weighted by atomic mass is 9.94. The van der Waals surface area contributed by atoms with Crippen LogP contribution in [0.5, 0.6) is 0 Å². The highest BCUT2D eigenvalue weighted by molar-refractivity contribution is 6.03. The molecule has 142 valence electrons. The maximum absolute atomic E-state index is 4.46. The summed E-state index contributed by atoms with van der Waals surface area (Å²) in [6.45, 7) is 6.72. The van der Waals surface area contributed by atoms with Gasteiger partial charge in [-0.1, -0.05) is 62.4 Å². The summed E-state index contributed by atoms with van der Waals surface area (Å²) in [6.07, 6.45) is 3.44. The first-order valence-electron chi connectivity index (χ1n) is 10.2. The number of para-hydroxylation sites is 1. The van der Waals surface area contributed by atoms with Crippen molar-refractivity contribution in [1.82, 2.24) is 4.48 Å². The van der Waals surface area contributed by atoms with E-state index in [9.17, 15) is 0 Å². The summed E-state index contributed by atoms with van der Waals surface area (Å²) in [5, 5.41) is 6.21. The number of likely N-dealkylation sites (N-methyl/N-ethyl adjacent to an activating group) is 1. The van der Waals surface area contributed by atoms with Crippen LogP contribution in [0.3, 0.4) is 0 Å². The van der Waals surface area contributed by atoms with Gasteiger partial charge in [0, 0.05) is 17.3 Å². The Morgan fingerprint density at radius 1 is 0.929 bits per heavy atom. The van der Waals surface area contributed by atoms with Crippen LogP contribution in [-0.2, 0) is 0 Å². The van der Waals surface area contributed by atoms with Crippen molar-refractivity contribution in [1.29, 1.82) is 0 Å². The van der Waals surface area contributed by atoms with Gasteiger partial charge in [0.05, 0.1) is 25.4 Å². The molecule has 0 bridgehead atoms. The van der Waals surface area contributed by atoms with Crippen LogP contribution in [0.25, 0.3) is 16.3 Å². The molecule has 1 aliphatic heterocycles. The van der Waals surface area contributed by atoms with Crippen molar-refractivity contribution in [2.24, 2.45) is 0 Å². The second-order valence-corrected chi connectivity index (χ2v) is 8.03. The topological polar surface area (TPSA) is 12.0 Å². The molecular weight excluding hydrogens is 340 g/mol. The number of fused-ring (bicyclic) bond motifs is 3. The lowest BCUT2D eigenvalue weighted by Gasteiger charge is -2.29. The number of allylic oxidation sites excluding steroid dienone is 1. The Balaban J connectivity index is 1.89. The third-order valence-electron chi connectivity index (χ3n) is 5.79. The van der Waals surface area contributed by atoms with Crippen molar-refractivity contribution in [3.63, 3.8) is 0 Å². The quantitative estimate of drug-likeness (QED) is 0.464. The third-order valence-corrected chi connectivity index (χ3v) is 5.79. The van der Waals surface area contributed by atoms with Crippen LogP contribution in [0.2, 0.25) is 0 Å². The van der Waals surface area contributed by atoms with E-state index < -0.39 is 0 Å². The summed E-state index contributed by atoms with van der Waals surface area (Å²) in [4.78, 5) is 0. The van der Waals surface area contributed by atoms with Crippen molar-refractivity contribution in [2.45, 2.75) is 26.2 Å². The number of nitrogens with zero attached hydrogens (tertiary/aromatic N) is 1. The Bertz CT molecular complexity index is 1060. The molecule has 2 nitrogen and oxygen atoms in total. The number of unbranched alkanes of at least 4 members (excludes halogenated alkanes) is 1. The van der Waals surface area contributed by atoms with Gasteiger partial charge >= 0.3 is 0 Å². The van der Waals surface area contributed by atoms with Gasteiger partial charge in [-0.15, -0.1) is 0 Å². The number of hydrogen-bond acceptors (Lipinski definition) is 1. The molecule has 0 aliphatic carbocycles. The van der Waals surface area contributed by atoms with Gasteiger partial charge in [0.1, 0.15) is 5.69 Å². The largest absolute Gasteiger partial charge is 0.351 e. The molecular formula is C26H29N2+. The average molecular weight is 370 g/mol. The number of quaternary nitrogens is 1. The van der Waals surface area contributed by atoms with Crippen LogP contribution in [-0.4, -0.2) is 14.1 Å². The van der Waals surface area contributed by atoms with Gasteiger partial charge in [0.2, 0.25) is 0 Å². The second kappa shape index (κ2) is 7.29. The standard InChI is InChI=1S/C26H29N2/c1-5-6-15-23-25-22-16-11-10-12-20(22)17-18-24(25)28(3,4)26(23)19(2)27-21-13-8-7-9-14-21/h7-14,16-18,27H,2,5-6,15H2,1,3-4H3/q+1. The summed E-state index contributed by atoms with van der Waals surface area (Å²) >= 11 is 0. The van der Waals surface area contributed by atoms with Gasteiger partial charge in [0.15, 0.2) is 5.70 Å². The lowest BCUT2D eigenvalue weighted by molar-refractivity contribution is 0.514. The van der Waals surface area contributed by atoms with E-state index in [1.807, 2.05) is 6.07 Å². The van der Waals surface area contributed by atoms with Gasteiger partial charge < -0.3 is 5.32 Å². The van der Waals surface area contributed by atoms with Gasteiger partial charge in [0.25, 0.3) is 0 Å². The zero-order chi connectivity index (χ0) is 19.7. The molecule has 28 heavy (non-hydrogen) atoms. The number of nitrogens with one attached hydrogen (secondary N) is 1. The summed E-state index contributed by atoms with van der Waals surface area (Å²) in [5.74, 6) is 0. The molecule has 1 heterocycles. The fraction of sp³-hybridized carbons (Fsp3) is 0.231. The summed E-state index contributed by atoms with van der Waals surface area (Å²) in [7, 11) is 4.56. The zero-order valence-corrected chi connectivity index (χ0v) is 17.1. The minimum absolute atomic E-state index is 0.720. The zero-order valence-electron chi connectivity index (χ0n) is 17.1. The van der Waals surface area contributed by atoms with E-state index in [1.165, 1.54) is 46.1 Å². The fourth-order valence-electron chi connectivity index (χ4n) is 4.49. The smallest absolute Gasteiger partial charge is 0.164 e. The first kappa shape index (κ1) is 18.5. The Kier molecular flexibility index (Phi) is 4.82. The molecule has 1 N–H and O–H groups in total. The fourth-order valence-corrected chi connectivity index (χ4v) is 4.49. The third kappa shape index (κ3) is 3.04. The molecule has 0 saturated carbocycles. The Morgan fingerprint density at radius 3 is 2.39 bits per heavy atom.